The summed E-state index contributed by atoms with van der Waals surface area (Å²) >= 11 is 1.65. The molecule has 96 valence electrons. The van der Waals surface area contributed by atoms with E-state index in [1.54, 1.807) is 11.3 Å². The van der Waals surface area contributed by atoms with E-state index in [1.807, 2.05) is 25.1 Å². The van der Waals surface area contributed by atoms with Crippen LogP contribution in [0.25, 0.3) is 10.6 Å². The van der Waals surface area contributed by atoms with Crippen LogP contribution >= 0.6 is 11.3 Å². The predicted octanol–water partition coefficient (Wildman–Crippen LogP) is 3.91. The number of nitrogens with zero attached hydrogens (tertiary/aromatic N) is 1. The zero-order chi connectivity index (χ0) is 13.1. The van der Waals surface area contributed by atoms with Crippen LogP contribution in [0.2, 0.25) is 0 Å². The van der Waals surface area contributed by atoms with Gasteiger partial charge in [-0.3, -0.25) is 0 Å². The molecule has 0 radical (unpaired) electrons. The number of hydrogen-bond donors (Lipinski definition) is 1. The van der Waals surface area contributed by atoms with E-state index in [2.05, 4.69) is 24.2 Å². The predicted molar refractivity (Wildman–Crippen MR) is 77.2 cm³/mol. The van der Waals surface area contributed by atoms with Gasteiger partial charge in [-0.1, -0.05) is 13.8 Å². The molecule has 2 N–H and O–H groups in total. The van der Waals surface area contributed by atoms with Gasteiger partial charge in [-0.25, -0.2) is 4.98 Å². The van der Waals surface area contributed by atoms with Gasteiger partial charge >= 0.3 is 0 Å². The molecular weight excluding hydrogens is 244 g/mol. The number of thiazole rings is 1. The van der Waals surface area contributed by atoms with E-state index < -0.39 is 0 Å². The van der Waals surface area contributed by atoms with Crippen molar-refractivity contribution in [3.8, 4) is 16.3 Å². The maximum atomic E-state index is 5.96. The zero-order valence-corrected chi connectivity index (χ0v) is 11.8. The average Bonchev–Trinajstić information content (AvgIpc) is 2.81. The molecule has 0 bridgehead atoms. The van der Waals surface area contributed by atoms with Gasteiger partial charge in [-0.15, -0.1) is 11.3 Å². The van der Waals surface area contributed by atoms with Gasteiger partial charge in [-0.2, -0.15) is 0 Å². The lowest BCUT2D eigenvalue weighted by Crippen LogP contribution is -1.96. The number of hydrogen-bond acceptors (Lipinski definition) is 4. The fourth-order valence-corrected chi connectivity index (χ4v) is 2.63. The Morgan fingerprint density at radius 3 is 2.72 bits per heavy atom. The van der Waals surface area contributed by atoms with Gasteiger partial charge in [0.15, 0.2) is 0 Å². The lowest BCUT2D eigenvalue weighted by Gasteiger charge is -2.07. The molecule has 2 aromatic rings. The molecule has 18 heavy (non-hydrogen) atoms. The van der Waals surface area contributed by atoms with E-state index in [0.717, 1.165) is 22.0 Å². The minimum absolute atomic E-state index is 0.454. The number of anilines is 1. The highest BCUT2D eigenvalue weighted by Gasteiger charge is 2.09. The number of ether oxygens (including phenoxy) is 1. The third-order valence-corrected chi connectivity index (χ3v) is 3.58. The van der Waals surface area contributed by atoms with E-state index in [0.29, 0.717) is 18.2 Å². The van der Waals surface area contributed by atoms with E-state index in [-0.39, 0.29) is 0 Å². The van der Waals surface area contributed by atoms with Crippen molar-refractivity contribution in [3.63, 3.8) is 0 Å². The average molecular weight is 262 g/mol. The molecular formula is C14H18N2OS. The smallest absolute Gasteiger partial charge is 0.142 e. The third-order valence-electron chi connectivity index (χ3n) is 2.67. The largest absolute Gasteiger partial charge is 0.492 e. The van der Waals surface area contributed by atoms with Crippen LogP contribution in [0.1, 0.15) is 32.4 Å². The van der Waals surface area contributed by atoms with Gasteiger partial charge in [-0.05, 0) is 31.0 Å². The number of benzene rings is 1. The molecule has 0 unspecified atom stereocenters. The van der Waals surface area contributed by atoms with Crippen LogP contribution in [-0.4, -0.2) is 11.6 Å². The normalized spacial score (nSPS) is 10.9. The first-order valence-electron chi connectivity index (χ1n) is 6.10. The van der Waals surface area contributed by atoms with Crippen LogP contribution < -0.4 is 10.5 Å². The SMILES string of the molecule is CCOc1ccc(-c2nc(C(C)C)cs2)cc1N. The summed E-state index contributed by atoms with van der Waals surface area (Å²) in [5.41, 5.74) is 8.80. The highest BCUT2D eigenvalue weighted by molar-refractivity contribution is 7.13. The first-order chi connectivity index (χ1) is 8.61. The van der Waals surface area contributed by atoms with Crippen molar-refractivity contribution in [3.05, 3.63) is 29.3 Å². The number of rotatable bonds is 4. The van der Waals surface area contributed by atoms with Crippen LogP contribution in [0.5, 0.6) is 5.75 Å². The molecule has 3 nitrogen and oxygen atoms in total. The Bertz CT molecular complexity index is 534. The molecule has 1 aromatic carbocycles. The number of nitrogens with two attached hydrogens (primary N) is 1. The Morgan fingerprint density at radius 1 is 1.39 bits per heavy atom. The van der Waals surface area contributed by atoms with Crippen LogP contribution in [0.4, 0.5) is 5.69 Å². The van der Waals surface area contributed by atoms with Gasteiger partial charge in [0, 0.05) is 10.9 Å². The van der Waals surface area contributed by atoms with Gasteiger partial charge in [0.2, 0.25) is 0 Å². The summed E-state index contributed by atoms with van der Waals surface area (Å²) in [4.78, 5) is 4.62. The molecule has 0 saturated heterocycles. The van der Waals surface area contributed by atoms with Gasteiger partial charge in [0.1, 0.15) is 10.8 Å². The minimum atomic E-state index is 0.454. The molecule has 1 aromatic heterocycles. The molecule has 2 rings (SSSR count). The standard InChI is InChI=1S/C14H18N2OS/c1-4-17-13-6-5-10(7-11(13)15)14-16-12(8-18-14)9(2)3/h5-9H,4,15H2,1-3H3. The monoisotopic (exact) mass is 262 g/mol. The molecule has 0 aliphatic heterocycles. The lowest BCUT2D eigenvalue weighted by atomic mass is 10.1. The van der Waals surface area contributed by atoms with Crippen molar-refractivity contribution in [1.29, 1.82) is 0 Å². The topological polar surface area (TPSA) is 48.1 Å². The molecule has 0 amide bonds. The second-order valence-electron chi connectivity index (χ2n) is 4.42. The highest BCUT2D eigenvalue weighted by atomic mass is 32.1. The van der Waals surface area contributed by atoms with Crippen LogP contribution in [0.3, 0.4) is 0 Å². The third kappa shape index (κ3) is 2.64. The summed E-state index contributed by atoms with van der Waals surface area (Å²) in [6.45, 7) is 6.86. The van der Waals surface area contributed by atoms with Crippen molar-refractivity contribution < 1.29 is 4.74 Å². The van der Waals surface area contributed by atoms with E-state index in [9.17, 15) is 0 Å². The molecule has 0 atom stereocenters. The van der Waals surface area contributed by atoms with Gasteiger partial charge in [0.05, 0.1) is 18.0 Å². The maximum absolute atomic E-state index is 5.96. The minimum Gasteiger partial charge on any atom is -0.492 e. The summed E-state index contributed by atoms with van der Waals surface area (Å²) < 4.78 is 5.43. The zero-order valence-electron chi connectivity index (χ0n) is 10.9. The van der Waals surface area contributed by atoms with Crippen molar-refractivity contribution >= 4 is 17.0 Å². The Labute approximate surface area is 112 Å². The number of nitrogen functional groups attached to an aromatic ring is 1. The molecule has 4 heteroatoms. The number of aromatic nitrogens is 1. The molecule has 0 aliphatic rings. The summed E-state index contributed by atoms with van der Waals surface area (Å²) in [6, 6.07) is 5.84. The molecule has 0 aliphatic carbocycles. The van der Waals surface area contributed by atoms with Crippen molar-refractivity contribution in [2.75, 3.05) is 12.3 Å². The lowest BCUT2D eigenvalue weighted by molar-refractivity contribution is 0.342. The van der Waals surface area contributed by atoms with Crippen molar-refractivity contribution in [2.45, 2.75) is 26.7 Å². The van der Waals surface area contributed by atoms with Crippen molar-refractivity contribution in [1.82, 2.24) is 4.98 Å². The summed E-state index contributed by atoms with van der Waals surface area (Å²) in [7, 11) is 0. The Hall–Kier alpha value is -1.55. The van der Waals surface area contributed by atoms with Crippen LogP contribution in [-0.2, 0) is 0 Å². The second kappa shape index (κ2) is 5.40. The second-order valence-corrected chi connectivity index (χ2v) is 5.28. The quantitative estimate of drug-likeness (QED) is 0.850. The first kappa shape index (κ1) is 12.9. The van der Waals surface area contributed by atoms with E-state index in [1.165, 1.54) is 0 Å². The summed E-state index contributed by atoms with van der Waals surface area (Å²) in [5.74, 6) is 1.19. The maximum Gasteiger partial charge on any atom is 0.142 e. The molecule has 1 heterocycles. The summed E-state index contributed by atoms with van der Waals surface area (Å²) in [6.07, 6.45) is 0. The Morgan fingerprint density at radius 2 is 2.17 bits per heavy atom. The summed E-state index contributed by atoms with van der Waals surface area (Å²) in [5, 5.41) is 3.11. The van der Waals surface area contributed by atoms with Crippen molar-refractivity contribution in [2.24, 2.45) is 0 Å². The first-order valence-corrected chi connectivity index (χ1v) is 6.98. The van der Waals surface area contributed by atoms with Crippen LogP contribution in [0.15, 0.2) is 23.6 Å². The fraction of sp³-hybridized carbons (Fsp3) is 0.357. The van der Waals surface area contributed by atoms with Gasteiger partial charge in [0.25, 0.3) is 0 Å². The van der Waals surface area contributed by atoms with E-state index >= 15 is 0 Å². The molecule has 0 saturated carbocycles. The van der Waals surface area contributed by atoms with Gasteiger partial charge < -0.3 is 10.5 Å². The molecule has 0 spiro atoms. The fourth-order valence-electron chi connectivity index (χ4n) is 1.65. The highest BCUT2D eigenvalue weighted by Crippen LogP contribution is 2.31. The van der Waals surface area contributed by atoms with E-state index in [4.69, 9.17) is 10.5 Å². The Kier molecular flexibility index (Phi) is 3.87. The molecule has 0 fully saturated rings. The Balaban J connectivity index is 2.30. The van der Waals surface area contributed by atoms with Crippen LogP contribution in [0, 0.1) is 0 Å².